The fourth-order valence-corrected chi connectivity index (χ4v) is 12.2. The van der Waals surface area contributed by atoms with Gasteiger partial charge in [-0.3, -0.25) is 0 Å². The first-order valence-corrected chi connectivity index (χ1v) is 24.9. The lowest BCUT2D eigenvalue weighted by molar-refractivity contribution is 0.464. The van der Waals surface area contributed by atoms with Gasteiger partial charge in [-0.1, -0.05) is 176 Å². The van der Waals surface area contributed by atoms with E-state index in [4.69, 9.17) is 18.9 Å². The maximum Gasteiger partial charge on any atom is 0.260 e. The third-order valence-electron chi connectivity index (χ3n) is 15.5. The summed E-state index contributed by atoms with van der Waals surface area (Å²) in [6.07, 6.45) is 0. The fraction of sp³-hybridized carbons (Fsp3) is 0. The largest absolute Gasteiger partial charge is 0.458 e. The van der Waals surface area contributed by atoms with Gasteiger partial charge in [-0.05, 0) is 116 Å². The molecule has 5 heterocycles. The summed E-state index contributed by atoms with van der Waals surface area (Å²) in [5.74, 6) is 6.87. The Morgan fingerprint density at radius 1 is 0.260 bits per heavy atom. The maximum atomic E-state index is 6.65. The van der Waals surface area contributed by atoms with E-state index in [-0.39, 0.29) is 13.4 Å². The number of rotatable bonds is 5. The third kappa shape index (κ3) is 6.06. The quantitative estimate of drug-likeness (QED) is 0.161. The van der Waals surface area contributed by atoms with Crippen LogP contribution in [0, 0.1) is 0 Å². The summed E-state index contributed by atoms with van der Waals surface area (Å²) in [5.41, 5.74) is 19.0. The van der Waals surface area contributed by atoms with Crippen molar-refractivity contribution >= 4 is 68.0 Å². The minimum Gasteiger partial charge on any atom is -0.458 e. The Morgan fingerprint density at radius 3 is 0.959 bits per heavy atom. The van der Waals surface area contributed by atoms with Crippen molar-refractivity contribution in [1.82, 2.24) is 4.57 Å². The molecule has 7 heteroatoms. The molecule has 5 nitrogen and oxygen atoms in total. The molecule has 4 aliphatic rings. The molecule has 0 amide bonds. The first kappa shape index (κ1) is 40.3. The first-order chi connectivity index (χ1) is 36.2. The number of para-hydroxylation sites is 7. The van der Waals surface area contributed by atoms with E-state index in [2.05, 4.69) is 217 Å². The minimum absolute atomic E-state index is 0.0400. The zero-order valence-corrected chi connectivity index (χ0v) is 39.3. The average molecular weight is 932 g/mol. The van der Waals surface area contributed by atoms with E-state index in [1.54, 1.807) is 0 Å². The molecule has 0 aliphatic carbocycles. The van der Waals surface area contributed by atoms with Crippen molar-refractivity contribution in [3.63, 3.8) is 0 Å². The highest BCUT2D eigenvalue weighted by molar-refractivity contribution is 6.99. The van der Waals surface area contributed by atoms with Gasteiger partial charge in [0.2, 0.25) is 0 Å². The number of fused-ring (bicyclic) bond motifs is 11. The zero-order chi connectivity index (χ0) is 47.7. The van der Waals surface area contributed by atoms with Gasteiger partial charge in [0.1, 0.15) is 46.0 Å². The van der Waals surface area contributed by atoms with Gasteiger partial charge in [0.05, 0.1) is 11.0 Å². The summed E-state index contributed by atoms with van der Waals surface area (Å²) >= 11 is 0. The lowest BCUT2D eigenvalue weighted by Crippen LogP contribution is -2.57. The molecule has 0 radical (unpaired) electrons. The Bertz CT molecular complexity index is 3880. The molecule has 0 N–H and O–H groups in total. The van der Waals surface area contributed by atoms with E-state index in [1.165, 1.54) is 10.8 Å². The van der Waals surface area contributed by atoms with Gasteiger partial charge in [0.25, 0.3) is 13.4 Å². The number of hydrogen-bond donors (Lipinski definition) is 0. The van der Waals surface area contributed by atoms with Gasteiger partial charge in [-0.15, -0.1) is 0 Å². The highest BCUT2D eigenvalue weighted by atomic mass is 16.5. The first-order valence-electron chi connectivity index (χ1n) is 24.9. The molecule has 11 aromatic carbocycles. The molecule has 0 fully saturated rings. The molecule has 1 aromatic heterocycles. The van der Waals surface area contributed by atoms with Crippen LogP contribution in [0.4, 0.5) is 0 Å². The van der Waals surface area contributed by atoms with Crippen molar-refractivity contribution in [2.24, 2.45) is 0 Å². The maximum absolute atomic E-state index is 6.65. The van der Waals surface area contributed by atoms with E-state index in [9.17, 15) is 0 Å². The van der Waals surface area contributed by atoms with E-state index < -0.39 is 0 Å². The molecule has 0 spiro atoms. The van der Waals surface area contributed by atoms with Crippen molar-refractivity contribution in [2.75, 3.05) is 0 Å². The molecule has 338 valence electrons. The molecule has 0 saturated heterocycles. The average Bonchev–Trinajstić information content (AvgIpc) is 3.81. The molecule has 0 bridgehead atoms. The van der Waals surface area contributed by atoms with Gasteiger partial charge in [-0.25, -0.2) is 0 Å². The van der Waals surface area contributed by atoms with E-state index in [0.717, 1.165) is 140 Å². The van der Waals surface area contributed by atoms with Crippen LogP contribution in [0.5, 0.6) is 46.0 Å². The van der Waals surface area contributed by atoms with Gasteiger partial charge in [0, 0.05) is 38.5 Å². The van der Waals surface area contributed by atoms with Crippen LogP contribution in [0.25, 0.3) is 72.0 Å². The Balaban J connectivity index is 0.789. The second kappa shape index (κ2) is 15.5. The molecule has 4 aliphatic heterocycles. The summed E-state index contributed by atoms with van der Waals surface area (Å²) in [6, 6.07) is 84.2. The van der Waals surface area contributed by atoms with Gasteiger partial charge >= 0.3 is 0 Å². The third-order valence-corrected chi connectivity index (χ3v) is 15.5. The molecule has 0 saturated carbocycles. The van der Waals surface area contributed by atoms with Gasteiger partial charge in [0.15, 0.2) is 0 Å². The van der Waals surface area contributed by atoms with Crippen LogP contribution in [0.3, 0.4) is 0 Å². The van der Waals surface area contributed by atoms with Crippen LogP contribution >= 0.6 is 0 Å². The number of hydrogen-bond acceptors (Lipinski definition) is 4. The monoisotopic (exact) mass is 931 g/mol. The lowest BCUT2D eigenvalue weighted by Gasteiger charge is -2.33. The van der Waals surface area contributed by atoms with Crippen molar-refractivity contribution in [2.45, 2.75) is 0 Å². The molecule has 0 unspecified atom stereocenters. The molecule has 0 atom stereocenters. The van der Waals surface area contributed by atoms with Crippen molar-refractivity contribution in [3.8, 4) is 96.2 Å². The molecule has 12 aromatic rings. The predicted octanol–water partition coefficient (Wildman–Crippen LogP) is 12.9. The SMILES string of the molecule is c1ccc(-n2c3c(-c4ccc(-c5cc6c7c(c5)Oc5ccccc5B7c5ccccc5O6)cc4)cccc3c3cccc(-c4ccc(-c5cc6c7c(c5)Oc5ccccc5B7c5ccccc5O6)cc4)c32)cc1. The van der Waals surface area contributed by atoms with E-state index >= 15 is 0 Å². The number of ether oxygens (including phenoxy) is 4. The van der Waals surface area contributed by atoms with Crippen LogP contribution in [0.1, 0.15) is 0 Å². The number of aromatic nitrogens is 1. The lowest BCUT2D eigenvalue weighted by atomic mass is 9.35. The summed E-state index contributed by atoms with van der Waals surface area (Å²) in [7, 11) is 0. The van der Waals surface area contributed by atoms with Crippen molar-refractivity contribution in [1.29, 1.82) is 0 Å². The van der Waals surface area contributed by atoms with Crippen molar-refractivity contribution in [3.05, 3.63) is 237 Å². The summed E-state index contributed by atoms with van der Waals surface area (Å²) in [5, 5.41) is 2.39. The number of benzene rings is 11. The normalized spacial score (nSPS) is 13.0. The van der Waals surface area contributed by atoms with Crippen molar-refractivity contribution < 1.29 is 18.9 Å². The zero-order valence-electron chi connectivity index (χ0n) is 39.3. The number of nitrogens with zero attached hydrogens (tertiary/aromatic N) is 1. The molecular formula is C66H39B2NO4. The summed E-state index contributed by atoms with van der Waals surface area (Å²) in [4.78, 5) is 0. The van der Waals surface area contributed by atoms with E-state index in [1.807, 2.05) is 24.3 Å². The smallest absolute Gasteiger partial charge is 0.260 e. The van der Waals surface area contributed by atoms with Crippen LogP contribution in [0.15, 0.2) is 237 Å². The van der Waals surface area contributed by atoms with E-state index in [0.29, 0.717) is 0 Å². The standard InChI is InChI=1S/C66H39B2NO4/c1-2-14-46(15-3-1)69-65-47(42-32-28-40(29-33-42)44-36-59-63-60(37-44)71-56-25-9-5-21-52(56)67(63)51-20-4-8-24-55(51)70-59)16-12-18-49(65)50-19-13-17-48(66(50)69)43-34-30-41(31-35-43)45-38-61-64-62(39-45)73-58-27-11-7-23-54(58)68(64)53-22-6-10-26-57(53)72-61/h1-39H. The van der Waals surface area contributed by atoms with Crippen LogP contribution in [-0.4, -0.2) is 18.0 Å². The Hall–Kier alpha value is -9.45. The van der Waals surface area contributed by atoms with Crippen LogP contribution in [-0.2, 0) is 0 Å². The topological polar surface area (TPSA) is 41.9 Å². The molecule has 16 rings (SSSR count). The fourth-order valence-electron chi connectivity index (χ4n) is 12.2. The Kier molecular flexibility index (Phi) is 8.57. The highest BCUT2D eigenvalue weighted by Crippen LogP contribution is 2.45. The summed E-state index contributed by atoms with van der Waals surface area (Å²) in [6.45, 7) is 0.0800. The van der Waals surface area contributed by atoms with Gasteiger partial charge < -0.3 is 23.5 Å². The Morgan fingerprint density at radius 2 is 0.589 bits per heavy atom. The molecule has 73 heavy (non-hydrogen) atoms. The predicted molar refractivity (Wildman–Crippen MR) is 298 cm³/mol. The minimum atomic E-state index is 0.0400. The molecular weight excluding hydrogens is 892 g/mol. The Labute approximate surface area is 422 Å². The van der Waals surface area contributed by atoms with Crippen LogP contribution in [0.2, 0.25) is 0 Å². The second-order valence-corrected chi connectivity index (χ2v) is 19.4. The van der Waals surface area contributed by atoms with Crippen LogP contribution < -0.4 is 51.7 Å². The highest BCUT2D eigenvalue weighted by Gasteiger charge is 2.42. The second-order valence-electron chi connectivity index (χ2n) is 19.4. The van der Waals surface area contributed by atoms with Gasteiger partial charge in [-0.2, -0.15) is 0 Å². The summed E-state index contributed by atoms with van der Waals surface area (Å²) < 4.78 is 29.1.